The number of oxime groups is 1. The van der Waals surface area contributed by atoms with E-state index in [1.54, 1.807) is 51.1 Å². The van der Waals surface area contributed by atoms with Gasteiger partial charge in [-0.3, -0.25) is 19.3 Å². The maximum absolute atomic E-state index is 13.5. The minimum atomic E-state index is -1.44. The maximum Gasteiger partial charge on any atom is 0.375 e. The van der Waals surface area contributed by atoms with Crippen molar-refractivity contribution in [3.63, 3.8) is 0 Å². The molecule has 1 unspecified atom stereocenters. The van der Waals surface area contributed by atoms with Crippen molar-refractivity contribution in [3.8, 4) is 0 Å². The van der Waals surface area contributed by atoms with E-state index in [4.69, 9.17) is 24.8 Å². The van der Waals surface area contributed by atoms with Gasteiger partial charge in [-0.05, 0) is 26.3 Å². The molecule has 0 aliphatic carbocycles. The Hall–Kier alpha value is -5.74. The number of rotatable bonds is 14. The van der Waals surface area contributed by atoms with Gasteiger partial charge in [0.15, 0.2) is 16.9 Å². The van der Waals surface area contributed by atoms with Crippen LogP contribution in [0.3, 0.4) is 0 Å². The van der Waals surface area contributed by atoms with Gasteiger partial charge in [0.25, 0.3) is 11.8 Å². The molecular formula is C33H34N8O11S3. The minimum absolute atomic E-state index is 0.0711. The zero-order valence-electron chi connectivity index (χ0n) is 29.8. The monoisotopic (exact) mass is 814 g/mol. The van der Waals surface area contributed by atoms with Gasteiger partial charge in [0, 0.05) is 21.6 Å². The molecule has 2 aliphatic rings. The molecule has 19 nitrogen and oxygen atoms in total. The molecule has 1 aromatic carbocycles. The summed E-state index contributed by atoms with van der Waals surface area (Å²) in [4.78, 5) is 92.3. The van der Waals surface area contributed by atoms with E-state index < -0.39 is 65.4 Å². The highest BCUT2D eigenvalue weighted by molar-refractivity contribution is 8.04. The van der Waals surface area contributed by atoms with Crippen molar-refractivity contribution in [1.82, 2.24) is 30.0 Å². The molecule has 290 valence electrons. The standard InChI is InChI=1S/C33H34N8O11S3/c1-15-17(22(27(44)45)40-25(43)20(26(40)55-15)36-24(42)19(39-50-6)18-13-53-31(34)35-18)12-54-32-37-23(29(47)49-5)41(38-32)21(16-10-8-7-9-11-16)28(46)51-14-52-30(48)33(2,3)4/h7-11,13,20-21,26H,1,12,14H2,2-6H3,(H2,34,35)(H,36,42)(H,44,45)/b39-19-/t20-,21?,26-/m1/s1. The molecule has 2 aliphatic heterocycles. The van der Waals surface area contributed by atoms with Gasteiger partial charge >= 0.3 is 23.9 Å². The summed E-state index contributed by atoms with van der Waals surface area (Å²) in [6.07, 6.45) is 0. The van der Waals surface area contributed by atoms with Crippen LogP contribution in [0.4, 0.5) is 5.13 Å². The number of esters is 3. The number of carbonyl (C=O) groups is 6. The fourth-order valence-electron chi connectivity index (χ4n) is 5.09. The Labute approximate surface area is 325 Å². The second-order valence-electron chi connectivity index (χ2n) is 12.4. The third-order valence-electron chi connectivity index (χ3n) is 7.73. The summed E-state index contributed by atoms with van der Waals surface area (Å²) in [6, 6.07) is 5.64. The van der Waals surface area contributed by atoms with Crippen LogP contribution in [0.25, 0.3) is 0 Å². The number of nitrogens with two attached hydrogens (primary N) is 1. The first kappa shape index (κ1) is 40.4. The number of hydrogen-bond acceptors (Lipinski definition) is 18. The molecule has 2 amide bonds. The molecule has 4 N–H and O–H groups in total. The van der Waals surface area contributed by atoms with Crippen molar-refractivity contribution in [2.24, 2.45) is 10.6 Å². The minimum Gasteiger partial charge on any atom is -0.477 e. The van der Waals surface area contributed by atoms with E-state index in [2.05, 4.69) is 32.1 Å². The smallest absolute Gasteiger partial charge is 0.375 e. The number of ether oxygens (including phenoxy) is 3. The topological polar surface area (TPSA) is 257 Å². The number of anilines is 1. The molecule has 0 saturated carbocycles. The van der Waals surface area contributed by atoms with Gasteiger partial charge in [0.2, 0.25) is 17.8 Å². The predicted octanol–water partition coefficient (Wildman–Crippen LogP) is 2.18. The number of nitrogen functional groups attached to an aromatic ring is 1. The highest BCUT2D eigenvalue weighted by atomic mass is 32.2. The number of benzene rings is 1. The van der Waals surface area contributed by atoms with Gasteiger partial charge in [-0.1, -0.05) is 65.6 Å². The number of nitrogens with zero attached hydrogens (tertiary/aromatic N) is 6. The first-order valence-corrected chi connectivity index (χ1v) is 18.7. The van der Waals surface area contributed by atoms with Crippen molar-refractivity contribution in [1.29, 1.82) is 0 Å². The lowest BCUT2D eigenvalue weighted by molar-refractivity contribution is -0.174. The summed E-state index contributed by atoms with van der Waals surface area (Å²) in [5.74, 6) is -5.98. The number of carbonyl (C=O) groups excluding carboxylic acids is 5. The first-order valence-electron chi connectivity index (χ1n) is 15.9. The molecule has 0 spiro atoms. The van der Waals surface area contributed by atoms with E-state index in [1.807, 2.05) is 0 Å². The Balaban J connectivity index is 1.39. The number of aliphatic carboxylic acids is 1. The largest absolute Gasteiger partial charge is 0.477 e. The van der Waals surface area contributed by atoms with Crippen LogP contribution < -0.4 is 11.1 Å². The van der Waals surface area contributed by atoms with Crippen molar-refractivity contribution >= 4 is 81.4 Å². The molecule has 0 radical (unpaired) electrons. The van der Waals surface area contributed by atoms with E-state index in [1.165, 1.54) is 12.5 Å². The highest BCUT2D eigenvalue weighted by Gasteiger charge is 2.55. The van der Waals surface area contributed by atoms with Crippen LogP contribution in [0.5, 0.6) is 0 Å². The molecule has 2 aromatic heterocycles. The van der Waals surface area contributed by atoms with Crippen LogP contribution >= 0.6 is 34.9 Å². The van der Waals surface area contributed by atoms with E-state index in [0.717, 1.165) is 51.6 Å². The van der Waals surface area contributed by atoms with Crippen LogP contribution in [-0.4, -0.2) is 109 Å². The van der Waals surface area contributed by atoms with Gasteiger partial charge in [-0.2, -0.15) is 4.98 Å². The van der Waals surface area contributed by atoms with E-state index >= 15 is 0 Å². The van der Waals surface area contributed by atoms with Gasteiger partial charge in [-0.25, -0.2) is 24.0 Å². The number of carboxylic acid groups (broad SMARTS) is 1. The van der Waals surface area contributed by atoms with Crippen LogP contribution in [-0.2, 0) is 43.0 Å². The molecule has 4 heterocycles. The first-order chi connectivity index (χ1) is 26.1. The summed E-state index contributed by atoms with van der Waals surface area (Å²) in [5, 5.41) is 21.7. The predicted molar refractivity (Wildman–Crippen MR) is 197 cm³/mol. The van der Waals surface area contributed by atoms with Crippen LogP contribution in [0.2, 0.25) is 0 Å². The molecule has 5 rings (SSSR count). The lowest BCUT2D eigenvalue weighted by Crippen LogP contribution is -2.70. The number of fused-ring (bicyclic) bond motifs is 1. The number of thioether (sulfide) groups is 2. The number of amides is 2. The van der Waals surface area contributed by atoms with Gasteiger partial charge in [-0.15, -0.1) is 16.4 Å². The van der Waals surface area contributed by atoms with Gasteiger partial charge in [0.1, 0.15) is 29.9 Å². The summed E-state index contributed by atoms with van der Waals surface area (Å²) in [7, 11) is 2.34. The Morgan fingerprint density at radius 1 is 1.13 bits per heavy atom. The lowest BCUT2D eigenvalue weighted by atomic mass is 9.98. The summed E-state index contributed by atoms with van der Waals surface area (Å²) < 4.78 is 16.3. The number of methoxy groups -OCH3 is 1. The number of carboxylic acids is 1. The molecular weight excluding hydrogens is 781 g/mol. The normalized spacial score (nSPS) is 17.5. The van der Waals surface area contributed by atoms with Crippen molar-refractivity contribution in [2.75, 3.05) is 32.5 Å². The Bertz CT molecular complexity index is 2110. The third kappa shape index (κ3) is 8.65. The fraction of sp³-hybridized carbons (Fsp3) is 0.333. The molecule has 0 bridgehead atoms. The number of nitrogens with one attached hydrogen (secondary N) is 1. The van der Waals surface area contributed by atoms with E-state index in [0.29, 0.717) is 5.56 Å². The number of allylic oxidation sites excluding steroid dienone is 1. The van der Waals surface area contributed by atoms with Crippen LogP contribution in [0.1, 0.15) is 48.7 Å². The second-order valence-corrected chi connectivity index (χ2v) is 15.5. The number of β-lactam (4-membered cyclic amide) rings is 1. The molecule has 22 heteroatoms. The molecule has 1 saturated heterocycles. The summed E-state index contributed by atoms with van der Waals surface area (Å²) in [5.41, 5.74) is 4.82. The zero-order chi connectivity index (χ0) is 40.2. The number of thiazole rings is 1. The van der Waals surface area contributed by atoms with Gasteiger partial charge < -0.3 is 35.2 Å². The molecule has 1 fully saturated rings. The summed E-state index contributed by atoms with van der Waals surface area (Å²) >= 11 is 3.01. The quantitative estimate of drug-likeness (QED) is 0.0526. The van der Waals surface area contributed by atoms with Gasteiger partial charge in [0.05, 0.1) is 12.5 Å². The number of aromatic nitrogens is 4. The third-order valence-corrected chi connectivity index (χ3v) is 10.5. The summed E-state index contributed by atoms with van der Waals surface area (Å²) in [6.45, 7) is 8.20. The maximum atomic E-state index is 13.5. The highest BCUT2D eigenvalue weighted by Crippen LogP contribution is 2.47. The van der Waals surface area contributed by atoms with E-state index in [9.17, 15) is 33.9 Å². The second kappa shape index (κ2) is 16.7. The SMILES string of the molecule is C=C1S[C@@H]2[C@H](NC(=O)/C(=N\OC)c3csc(N)n3)C(=O)N2C(C(=O)O)=C1CSc1nc(C(=O)OC)n(C(C(=O)OCOC(=O)C(C)(C)C)c2ccccc2)n1. The molecule has 55 heavy (non-hydrogen) atoms. The molecule has 3 aromatic rings. The zero-order valence-corrected chi connectivity index (χ0v) is 32.3. The van der Waals surface area contributed by atoms with Crippen molar-refractivity contribution < 1.29 is 52.9 Å². The van der Waals surface area contributed by atoms with Crippen molar-refractivity contribution in [3.05, 3.63) is 75.5 Å². The fourth-order valence-corrected chi connectivity index (χ4v) is 7.85. The van der Waals surface area contributed by atoms with Crippen molar-refractivity contribution in [2.45, 2.75) is 43.4 Å². The van der Waals surface area contributed by atoms with E-state index in [-0.39, 0.29) is 49.4 Å². The number of hydrogen-bond donors (Lipinski definition) is 3. The Morgan fingerprint density at radius 2 is 1.84 bits per heavy atom. The average molecular weight is 815 g/mol. The Morgan fingerprint density at radius 3 is 2.44 bits per heavy atom. The Kier molecular flexibility index (Phi) is 12.3. The van der Waals surface area contributed by atoms with Crippen LogP contribution in [0, 0.1) is 5.41 Å². The lowest BCUT2D eigenvalue weighted by Gasteiger charge is -2.49. The average Bonchev–Trinajstić information content (AvgIpc) is 3.77. The van der Waals surface area contributed by atoms with Crippen LogP contribution in [0.15, 0.2) is 68.8 Å². The molecule has 3 atom stereocenters.